The van der Waals surface area contributed by atoms with Gasteiger partial charge in [0.1, 0.15) is 5.75 Å². The molecule has 0 N–H and O–H groups in total. The molecule has 0 amide bonds. The number of hydrogen-bond acceptors (Lipinski definition) is 2. The molecule has 3 heteroatoms. The second kappa shape index (κ2) is 5.21. The van der Waals surface area contributed by atoms with Crippen LogP contribution in [0.1, 0.15) is 37.9 Å². The van der Waals surface area contributed by atoms with Crippen molar-refractivity contribution < 1.29 is 4.74 Å². The lowest BCUT2D eigenvalue weighted by molar-refractivity contribution is 0.414. The van der Waals surface area contributed by atoms with Crippen molar-refractivity contribution in [2.24, 2.45) is 0 Å². The number of methoxy groups -OCH3 is 1. The highest BCUT2D eigenvalue weighted by atomic mass is 16.5. The van der Waals surface area contributed by atoms with Gasteiger partial charge < -0.3 is 4.74 Å². The van der Waals surface area contributed by atoms with Crippen LogP contribution >= 0.6 is 0 Å². The van der Waals surface area contributed by atoms with Crippen LogP contribution in [-0.2, 0) is 12.8 Å². The van der Waals surface area contributed by atoms with Gasteiger partial charge in [0, 0.05) is 17.8 Å². The van der Waals surface area contributed by atoms with Crippen LogP contribution in [0, 0.1) is 0 Å². The van der Waals surface area contributed by atoms with E-state index in [2.05, 4.69) is 25.0 Å². The fraction of sp³-hybridized carbons (Fsp3) is 0.500. The molecule has 0 saturated carbocycles. The molecule has 0 bridgehead atoms. The lowest BCUT2D eigenvalue weighted by atomic mass is 10.1. The zero-order valence-corrected chi connectivity index (χ0v) is 10.9. The SMILES string of the molecule is CCCCc1nn2ccc(OC)cc2c1CC. The highest BCUT2D eigenvalue weighted by molar-refractivity contribution is 5.59. The third-order valence-corrected chi connectivity index (χ3v) is 3.15. The van der Waals surface area contributed by atoms with Gasteiger partial charge >= 0.3 is 0 Å². The molecular formula is C14H20N2O. The zero-order valence-electron chi connectivity index (χ0n) is 10.9. The summed E-state index contributed by atoms with van der Waals surface area (Å²) >= 11 is 0. The average Bonchev–Trinajstić information content (AvgIpc) is 2.72. The number of fused-ring (bicyclic) bond motifs is 1. The first-order valence-corrected chi connectivity index (χ1v) is 6.34. The van der Waals surface area contributed by atoms with Gasteiger partial charge in [0.05, 0.1) is 18.3 Å². The molecule has 0 radical (unpaired) electrons. The van der Waals surface area contributed by atoms with Crippen LogP contribution in [0.5, 0.6) is 5.75 Å². The van der Waals surface area contributed by atoms with Crippen LogP contribution < -0.4 is 4.74 Å². The lowest BCUT2D eigenvalue weighted by Gasteiger charge is -2.01. The maximum absolute atomic E-state index is 5.27. The fourth-order valence-corrected chi connectivity index (χ4v) is 2.18. The van der Waals surface area contributed by atoms with Gasteiger partial charge in [-0.15, -0.1) is 0 Å². The van der Waals surface area contributed by atoms with E-state index in [1.807, 2.05) is 16.8 Å². The minimum absolute atomic E-state index is 0.897. The first-order valence-electron chi connectivity index (χ1n) is 6.34. The molecular weight excluding hydrogens is 212 g/mol. The lowest BCUT2D eigenvalue weighted by Crippen LogP contribution is -1.91. The summed E-state index contributed by atoms with van der Waals surface area (Å²) in [5.41, 5.74) is 3.78. The smallest absolute Gasteiger partial charge is 0.122 e. The van der Waals surface area contributed by atoms with Crippen LogP contribution in [0.3, 0.4) is 0 Å². The molecule has 0 aromatic carbocycles. The van der Waals surface area contributed by atoms with E-state index in [0.29, 0.717) is 0 Å². The zero-order chi connectivity index (χ0) is 12.3. The number of ether oxygens (including phenoxy) is 1. The third kappa shape index (κ3) is 2.28. The van der Waals surface area contributed by atoms with Gasteiger partial charge in [-0.1, -0.05) is 20.3 Å². The standard InChI is InChI=1S/C14H20N2O/c1-4-6-7-13-12(5-2)14-10-11(17-3)8-9-16(14)15-13/h8-10H,4-7H2,1-3H3. The van der Waals surface area contributed by atoms with Gasteiger partial charge in [-0.2, -0.15) is 5.10 Å². The van der Waals surface area contributed by atoms with E-state index >= 15 is 0 Å². The molecule has 0 unspecified atom stereocenters. The van der Waals surface area contributed by atoms with Gasteiger partial charge in [0.15, 0.2) is 0 Å². The summed E-state index contributed by atoms with van der Waals surface area (Å²) in [7, 11) is 1.70. The molecule has 2 aromatic heterocycles. The Labute approximate surface area is 102 Å². The molecule has 2 aromatic rings. The van der Waals surface area contributed by atoms with Crippen molar-refractivity contribution >= 4 is 5.52 Å². The Balaban J connectivity index is 2.47. The normalized spacial score (nSPS) is 11.0. The first-order chi connectivity index (χ1) is 8.30. The maximum atomic E-state index is 5.27. The Morgan fingerprint density at radius 1 is 1.35 bits per heavy atom. The second-order valence-electron chi connectivity index (χ2n) is 4.28. The van der Waals surface area contributed by atoms with Crippen molar-refractivity contribution in [1.29, 1.82) is 0 Å². The van der Waals surface area contributed by atoms with Crippen molar-refractivity contribution in [2.75, 3.05) is 7.11 Å². The van der Waals surface area contributed by atoms with Gasteiger partial charge in [0.25, 0.3) is 0 Å². The van der Waals surface area contributed by atoms with Crippen LogP contribution in [0.2, 0.25) is 0 Å². The highest BCUT2D eigenvalue weighted by Gasteiger charge is 2.11. The van der Waals surface area contributed by atoms with Crippen molar-refractivity contribution in [1.82, 2.24) is 9.61 Å². The molecule has 0 saturated heterocycles. The van der Waals surface area contributed by atoms with E-state index in [-0.39, 0.29) is 0 Å². The summed E-state index contributed by atoms with van der Waals surface area (Å²) in [5.74, 6) is 0.897. The Bertz CT molecular complexity index is 502. The molecule has 92 valence electrons. The molecule has 0 aliphatic heterocycles. The molecule has 2 rings (SSSR count). The van der Waals surface area contributed by atoms with Crippen LogP contribution in [-0.4, -0.2) is 16.7 Å². The van der Waals surface area contributed by atoms with Crippen LogP contribution in [0.15, 0.2) is 18.3 Å². The minimum atomic E-state index is 0.897. The average molecular weight is 232 g/mol. The Hall–Kier alpha value is -1.51. The molecule has 17 heavy (non-hydrogen) atoms. The Morgan fingerprint density at radius 2 is 2.18 bits per heavy atom. The van der Waals surface area contributed by atoms with Crippen molar-refractivity contribution in [3.63, 3.8) is 0 Å². The molecule has 3 nitrogen and oxygen atoms in total. The van der Waals surface area contributed by atoms with Gasteiger partial charge in [-0.05, 0) is 25.3 Å². The summed E-state index contributed by atoms with van der Waals surface area (Å²) in [6.07, 6.45) is 6.48. The molecule has 0 aliphatic rings. The van der Waals surface area contributed by atoms with Gasteiger partial charge in [0.2, 0.25) is 0 Å². The van der Waals surface area contributed by atoms with E-state index in [1.165, 1.54) is 29.6 Å². The molecule has 0 aliphatic carbocycles. The topological polar surface area (TPSA) is 26.5 Å². The number of aromatic nitrogens is 2. The summed E-state index contributed by atoms with van der Waals surface area (Å²) in [5, 5.41) is 4.66. The summed E-state index contributed by atoms with van der Waals surface area (Å²) < 4.78 is 7.24. The predicted octanol–water partition coefficient (Wildman–Crippen LogP) is 3.25. The van der Waals surface area contributed by atoms with Crippen LogP contribution in [0.25, 0.3) is 5.52 Å². The molecule has 0 atom stereocenters. The first kappa shape index (κ1) is 12.0. The quantitative estimate of drug-likeness (QED) is 0.791. The Morgan fingerprint density at radius 3 is 2.82 bits per heavy atom. The Kier molecular flexibility index (Phi) is 3.67. The number of nitrogens with zero attached hydrogens (tertiary/aromatic N) is 2. The summed E-state index contributed by atoms with van der Waals surface area (Å²) in [6, 6.07) is 4.02. The van der Waals surface area contributed by atoms with Crippen molar-refractivity contribution in [2.45, 2.75) is 39.5 Å². The number of unbranched alkanes of at least 4 members (excludes halogenated alkanes) is 1. The fourth-order valence-electron chi connectivity index (χ4n) is 2.18. The van der Waals surface area contributed by atoms with Crippen molar-refractivity contribution in [3.05, 3.63) is 29.6 Å². The summed E-state index contributed by atoms with van der Waals surface area (Å²) in [6.45, 7) is 4.40. The van der Waals surface area contributed by atoms with E-state index in [0.717, 1.165) is 18.6 Å². The highest BCUT2D eigenvalue weighted by Crippen LogP contribution is 2.22. The number of rotatable bonds is 5. The molecule has 2 heterocycles. The van der Waals surface area contributed by atoms with Gasteiger partial charge in [-0.25, -0.2) is 4.52 Å². The minimum Gasteiger partial charge on any atom is -0.497 e. The van der Waals surface area contributed by atoms with Gasteiger partial charge in [-0.3, -0.25) is 0 Å². The second-order valence-corrected chi connectivity index (χ2v) is 4.28. The maximum Gasteiger partial charge on any atom is 0.122 e. The monoisotopic (exact) mass is 232 g/mol. The largest absolute Gasteiger partial charge is 0.497 e. The third-order valence-electron chi connectivity index (χ3n) is 3.15. The molecule has 0 spiro atoms. The van der Waals surface area contributed by atoms with E-state index in [1.54, 1.807) is 7.11 Å². The molecule has 0 fully saturated rings. The number of pyridine rings is 1. The van der Waals surface area contributed by atoms with E-state index in [9.17, 15) is 0 Å². The summed E-state index contributed by atoms with van der Waals surface area (Å²) in [4.78, 5) is 0. The number of hydrogen-bond donors (Lipinski definition) is 0. The van der Waals surface area contributed by atoms with E-state index in [4.69, 9.17) is 4.74 Å². The van der Waals surface area contributed by atoms with E-state index < -0.39 is 0 Å². The number of aryl methyl sites for hydroxylation is 2. The van der Waals surface area contributed by atoms with Crippen LogP contribution in [0.4, 0.5) is 0 Å². The predicted molar refractivity (Wildman–Crippen MR) is 69.7 cm³/mol. The van der Waals surface area contributed by atoms with Crippen molar-refractivity contribution in [3.8, 4) is 5.75 Å².